The third kappa shape index (κ3) is 4.70. The van der Waals surface area contributed by atoms with E-state index >= 15 is 0 Å². The predicted octanol–water partition coefficient (Wildman–Crippen LogP) is 3.19. The average Bonchev–Trinajstić information content (AvgIpc) is 3.15. The Labute approximate surface area is 153 Å². The molecule has 0 heterocycles. The molecule has 9 heteroatoms. The molecule has 1 saturated carbocycles. The number of aryl methyl sites for hydroxylation is 1. The summed E-state index contributed by atoms with van der Waals surface area (Å²) in [5, 5.41) is 5.11. The molecule has 0 radical (unpaired) electrons. The minimum Gasteiger partial charge on any atom is -0.338 e. The monoisotopic (exact) mass is 389 g/mol. The molecule has 6 nitrogen and oxygen atoms in total. The van der Waals surface area contributed by atoms with Crippen molar-refractivity contribution in [2.45, 2.75) is 50.5 Å². The Balaban J connectivity index is 2.02. The van der Waals surface area contributed by atoms with Crippen molar-refractivity contribution in [1.82, 2.24) is 9.62 Å². The van der Waals surface area contributed by atoms with Gasteiger partial charge in [-0.1, -0.05) is 6.07 Å². The van der Waals surface area contributed by atoms with Crippen molar-refractivity contribution < 1.29 is 22.0 Å². The minimum absolute atomic E-state index is 0.0761. The van der Waals surface area contributed by atoms with Gasteiger partial charge in [0.2, 0.25) is 10.0 Å². The number of benzene rings is 1. The van der Waals surface area contributed by atoms with Gasteiger partial charge in [0.25, 0.3) is 5.92 Å². The van der Waals surface area contributed by atoms with Crippen molar-refractivity contribution in [1.29, 1.82) is 0 Å². The van der Waals surface area contributed by atoms with Gasteiger partial charge in [0.1, 0.15) is 0 Å². The first kappa shape index (κ1) is 20.6. The predicted molar refractivity (Wildman–Crippen MR) is 96.0 cm³/mol. The van der Waals surface area contributed by atoms with Crippen molar-refractivity contribution in [2.24, 2.45) is 5.92 Å². The van der Waals surface area contributed by atoms with E-state index in [1.54, 1.807) is 26.8 Å². The van der Waals surface area contributed by atoms with Crippen LogP contribution in [0.5, 0.6) is 0 Å². The van der Waals surface area contributed by atoms with Crippen LogP contribution in [0.2, 0.25) is 0 Å². The van der Waals surface area contributed by atoms with Crippen molar-refractivity contribution in [2.75, 3.05) is 18.9 Å². The van der Waals surface area contributed by atoms with Crippen LogP contribution in [-0.2, 0) is 10.0 Å². The number of hydrogen-bond acceptors (Lipinski definition) is 3. The topological polar surface area (TPSA) is 78.5 Å². The smallest absolute Gasteiger partial charge is 0.319 e. The summed E-state index contributed by atoms with van der Waals surface area (Å²) < 4.78 is 52.0. The number of nitrogens with zero attached hydrogens (tertiary/aromatic N) is 1. The second-order valence-electron chi connectivity index (χ2n) is 6.92. The van der Waals surface area contributed by atoms with Gasteiger partial charge in [-0.05, 0) is 44.9 Å². The van der Waals surface area contributed by atoms with Gasteiger partial charge in [-0.25, -0.2) is 22.0 Å². The zero-order valence-electron chi connectivity index (χ0n) is 15.3. The number of amides is 2. The van der Waals surface area contributed by atoms with E-state index in [4.69, 9.17) is 0 Å². The lowest BCUT2D eigenvalue weighted by molar-refractivity contribution is 0.0971. The molecule has 0 bridgehead atoms. The second kappa shape index (κ2) is 7.48. The summed E-state index contributed by atoms with van der Waals surface area (Å²) in [4.78, 5) is 12.0. The number of anilines is 1. The lowest BCUT2D eigenvalue weighted by atomic mass is 10.2. The fourth-order valence-corrected chi connectivity index (χ4v) is 3.84. The van der Waals surface area contributed by atoms with E-state index < -0.39 is 27.9 Å². The first-order chi connectivity index (χ1) is 11.9. The molecule has 1 fully saturated rings. The molecule has 0 spiro atoms. The summed E-state index contributed by atoms with van der Waals surface area (Å²) in [6, 6.07) is 3.74. The van der Waals surface area contributed by atoms with Crippen LogP contribution >= 0.6 is 0 Å². The van der Waals surface area contributed by atoms with Crippen molar-refractivity contribution in [3.8, 4) is 0 Å². The molecule has 1 atom stereocenters. The van der Waals surface area contributed by atoms with Crippen LogP contribution < -0.4 is 10.6 Å². The minimum atomic E-state index is -3.67. The third-order valence-corrected chi connectivity index (χ3v) is 6.63. The number of sulfonamides is 1. The van der Waals surface area contributed by atoms with Gasteiger partial charge in [0, 0.05) is 37.7 Å². The molecule has 26 heavy (non-hydrogen) atoms. The molecule has 2 rings (SSSR count). The Bertz CT molecular complexity index is 781. The van der Waals surface area contributed by atoms with E-state index in [2.05, 4.69) is 10.6 Å². The molecule has 146 valence electrons. The summed E-state index contributed by atoms with van der Waals surface area (Å²) in [6.45, 7) is 5.41. The largest absolute Gasteiger partial charge is 0.338 e. The Hall–Kier alpha value is -1.74. The zero-order valence-corrected chi connectivity index (χ0v) is 16.2. The Morgan fingerprint density at radius 2 is 2.00 bits per heavy atom. The molecule has 1 aliphatic rings. The number of carbonyl (C=O) groups excluding carboxylic acids is 1. The molecule has 0 aliphatic heterocycles. The van der Waals surface area contributed by atoms with Crippen LogP contribution in [0.1, 0.15) is 32.3 Å². The maximum Gasteiger partial charge on any atom is 0.319 e. The first-order valence-electron chi connectivity index (χ1n) is 8.46. The van der Waals surface area contributed by atoms with Gasteiger partial charge in [0.05, 0.1) is 4.90 Å². The Kier molecular flexibility index (Phi) is 5.92. The molecule has 2 amide bonds. The lowest BCUT2D eigenvalue weighted by Crippen LogP contribution is -2.33. The SMILES string of the molecule is Cc1ccc(S(=O)(=O)N(C)C(C)C)cc1NC(=O)NCCC1CC1(F)F. The fourth-order valence-electron chi connectivity index (χ4n) is 2.45. The maximum atomic E-state index is 12.8. The summed E-state index contributed by atoms with van der Waals surface area (Å²) in [5.41, 5.74) is 1.05. The summed E-state index contributed by atoms with van der Waals surface area (Å²) in [6.07, 6.45) is 0.0890. The first-order valence-corrected chi connectivity index (χ1v) is 9.90. The van der Waals surface area contributed by atoms with Gasteiger partial charge in [-0.2, -0.15) is 4.31 Å². The second-order valence-corrected chi connectivity index (χ2v) is 8.92. The number of rotatable bonds is 7. The number of urea groups is 1. The highest BCUT2D eigenvalue weighted by Crippen LogP contribution is 2.50. The van der Waals surface area contributed by atoms with Crippen LogP contribution in [0.15, 0.2) is 23.1 Å². The van der Waals surface area contributed by atoms with Gasteiger partial charge in [-0.15, -0.1) is 0 Å². The molecule has 0 saturated heterocycles. The third-order valence-electron chi connectivity index (χ3n) is 4.60. The lowest BCUT2D eigenvalue weighted by Gasteiger charge is -2.21. The highest BCUT2D eigenvalue weighted by atomic mass is 32.2. The number of nitrogens with one attached hydrogen (secondary N) is 2. The molecule has 1 unspecified atom stereocenters. The number of alkyl halides is 2. The maximum absolute atomic E-state index is 12.8. The molecule has 2 N–H and O–H groups in total. The quantitative estimate of drug-likeness (QED) is 0.752. The van der Waals surface area contributed by atoms with E-state index in [9.17, 15) is 22.0 Å². The number of halogens is 2. The highest BCUT2D eigenvalue weighted by Gasteiger charge is 2.55. The van der Waals surface area contributed by atoms with Gasteiger partial charge < -0.3 is 10.6 Å². The van der Waals surface area contributed by atoms with Crippen molar-refractivity contribution in [3.63, 3.8) is 0 Å². The van der Waals surface area contributed by atoms with Crippen LogP contribution in [0.3, 0.4) is 0 Å². The van der Waals surface area contributed by atoms with Gasteiger partial charge in [-0.3, -0.25) is 0 Å². The summed E-state index contributed by atoms with van der Waals surface area (Å²) >= 11 is 0. The molecule has 1 aromatic carbocycles. The van der Waals surface area contributed by atoms with E-state index in [0.717, 1.165) is 0 Å². The van der Waals surface area contributed by atoms with Crippen molar-refractivity contribution in [3.05, 3.63) is 23.8 Å². The van der Waals surface area contributed by atoms with Crippen molar-refractivity contribution >= 4 is 21.7 Å². The Morgan fingerprint density at radius 1 is 1.38 bits per heavy atom. The summed E-state index contributed by atoms with van der Waals surface area (Å²) in [7, 11) is -2.17. The van der Waals surface area contributed by atoms with Crippen LogP contribution in [0.25, 0.3) is 0 Å². The highest BCUT2D eigenvalue weighted by molar-refractivity contribution is 7.89. The van der Waals surface area contributed by atoms with Crippen LogP contribution in [0.4, 0.5) is 19.3 Å². The molecule has 1 aliphatic carbocycles. The molecule has 0 aromatic heterocycles. The van der Waals surface area contributed by atoms with E-state index in [0.29, 0.717) is 11.3 Å². The fraction of sp³-hybridized carbons (Fsp3) is 0.588. The van der Waals surface area contributed by atoms with Crippen LogP contribution in [0, 0.1) is 12.8 Å². The standard InChI is InChI=1S/C17H25F2N3O3S/c1-11(2)22(4)26(24,25)14-6-5-12(3)15(9-14)21-16(23)20-8-7-13-10-17(13,18)19/h5-6,9,11,13H,7-8,10H2,1-4H3,(H2,20,21,23). The number of hydrogen-bond donors (Lipinski definition) is 2. The molecular formula is C17H25F2N3O3S. The average molecular weight is 389 g/mol. The van der Waals surface area contributed by atoms with E-state index in [-0.39, 0.29) is 30.3 Å². The van der Waals surface area contributed by atoms with E-state index in [1.807, 2.05) is 0 Å². The normalized spacial score (nSPS) is 18.8. The van der Waals surface area contributed by atoms with E-state index in [1.165, 1.54) is 23.5 Å². The Morgan fingerprint density at radius 3 is 2.54 bits per heavy atom. The zero-order chi connectivity index (χ0) is 19.7. The van der Waals surface area contributed by atoms with Gasteiger partial charge >= 0.3 is 6.03 Å². The van der Waals surface area contributed by atoms with Gasteiger partial charge in [0.15, 0.2) is 0 Å². The van der Waals surface area contributed by atoms with Crippen LogP contribution in [-0.4, -0.2) is 44.3 Å². The molecule has 1 aromatic rings. The number of carbonyl (C=O) groups is 1. The summed E-state index contributed by atoms with van der Waals surface area (Å²) in [5.74, 6) is -3.26. The molecular weight excluding hydrogens is 364 g/mol.